The minimum atomic E-state index is -0.432. The number of aldehydes is 1. The van der Waals surface area contributed by atoms with Gasteiger partial charge in [-0.05, 0) is 12.5 Å². The molecule has 1 rings (SSSR count). The van der Waals surface area contributed by atoms with Gasteiger partial charge in [-0.2, -0.15) is 5.10 Å². The maximum atomic E-state index is 11.5. The zero-order valence-corrected chi connectivity index (χ0v) is 9.55. The highest BCUT2D eigenvalue weighted by Crippen LogP contribution is 2.16. The molecule has 0 radical (unpaired) electrons. The molecule has 0 spiro atoms. The molecule has 5 heteroatoms. The van der Waals surface area contributed by atoms with Crippen molar-refractivity contribution in [3.63, 3.8) is 0 Å². The van der Waals surface area contributed by atoms with Gasteiger partial charge in [0.1, 0.15) is 11.7 Å². The lowest BCUT2D eigenvalue weighted by atomic mass is 10.1. The molecule has 88 valence electrons. The highest BCUT2D eigenvalue weighted by molar-refractivity contribution is 5.74. The molecule has 0 aliphatic carbocycles. The summed E-state index contributed by atoms with van der Waals surface area (Å²) in [5.74, 6) is -0.325. The van der Waals surface area contributed by atoms with Crippen molar-refractivity contribution in [2.75, 3.05) is 7.11 Å². The van der Waals surface area contributed by atoms with E-state index in [0.29, 0.717) is 18.4 Å². The first-order valence-electron chi connectivity index (χ1n) is 5.31. The standard InChI is InChI=1S/C11H16N2O3/c1-3-4-5-10(11(15)16-2)13-7-6-9(8-14)12-13/h6-8,10H,3-5H2,1-2H3. The highest BCUT2D eigenvalue weighted by Gasteiger charge is 2.21. The van der Waals surface area contributed by atoms with Gasteiger partial charge in [-0.1, -0.05) is 19.8 Å². The van der Waals surface area contributed by atoms with Crippen LogP contribution in [0.15, 0.2) is 12.3 Å². The lowest BCUT2D eigenvalue weighted by molar-refractivity contribution is -0.145. The van der Waals surface area contributed by atoms with Crippen LogP contribution < -0.4 is 0 Å². The van der Waals surface area contributed by atoms with Gasteiger partial charge in [-0.25, -0.2) is 4.79 Å². The fraction of sp³-hybridized carbons (Fsp3) is 0.545. The summed E-state index contributed by atoms with van der Waals surface area (Å²) in [5, 5.41) is 4.00. The lowest BCUT2D eigenvalue weighted by Crippen LogP contribution is -2.21. The average Bonchev–Trinajstić information content (AvgIpc) is 2.77. The number of ether oxygens (including phenoxy) is 1. The molecule has 0 aliphatic rings. The Balaban J connectivity index is 2.82. The molecule has 1 aromatic rings. The van der Waals surface area contributed by atoms with Crippen molar-refractivity contribution >= 4 is 12.3 Å². The van der Waals surface area contributed by atoms with E-state index in [-0.39, 0.29) is 5.97 Å². The first kappa shape index (κ1) is 12.4. The molecule has 0 saturated carbocycles. The van der Waals surface area contributed by atoms with Crippen molar-refractivity contribution in [3.05, 3.63) is 18.0 Å². The number of hydrogen-bond donors (Lipinski definition) is 0. The molecule has 1 atom stereocenters. The fourth-order valence-electron chi connectivity index (χ4n) is 1.48. The predicted octanol–water partition coefficient (Wildman–Crippen LogP) is 1.60. The molecule has 0 N–H and O–H groups in total. The molecule has 0 amide bonds. The van der Waals surface area contributed by atoms with E-state index >= 15 is 0 Å². The molecule has 0 aliphatic heterocycles. The number of unbranched alkanes of at least 4 members (excludes halogenated alkanes) is 1. The van der Waals surface area contributed by atoms with Crippen LogP contribution in [-0.2, 0) is 9.53 Å². The number of carbonyl (C=O) groups excluding carboxylic acids is 2. The van der Waals surface area contributed by atoms with E-state index in [1.165, 1.54) is 11.8 Å². The number of methoxy groups -OCH3 is 1. The molecule has 16 heavy (non-hydrogen) atoms. The second-order valence-corrected chi connectivity index (χ2v) is 3.52. The number of aromatic nitrogens is 2. The second-order valence-electron chi connectivity index (χ2n) is 3.52. The molecule has 1 unspecified atom stereocenters. The summed E-state index contributed by atoms with van der Waals surface area (Å²) in [6.07, 6.45) is 4.86. The quantitative estimate of drug-likeness (QED) is 0.544. The Bertz CT molecular complexity index is 360. The topological polar surface area (TPSA) is 61.2 Å². The molecule has 5 nitrogen and oxygen atoms in total. The summed E-state index contributed by atoms with van der Waals surface area (Å²) >= 11 is 0. The Morgan fingerprint density at radius 1 is 1.69 bits per heavy atom. The van der Waals surface area contributed by atoms with E-state index in [1.807, 2.05) is 6.92 Å². The summed E-state index contributed by atoms with van der Waals surface area (Å²) in [6.45, 7) is 2.05. The average molecular weight is 224 g/mol. The molecule has 1 aromatic heterocycles. The van der Waals surface area contributed by atoms with E-state index in [0.717, 1.165) is 12.8 Å². The minimum Gasteiger partial charge on any atom is -0.467 e. The molecule has 0 fully saturated rings. The maximum Gasteiger partial charge on any atom is 0.330 e. The first-order valence-corrected chi connectivity index (χ1v) is 5.31. The Morgan fingerprint density at radius 3 is 2.94 bits per heavy atom. The van der Waals surface area contributed by atoms with Crippen LogP contribution in [0.3, 0.4) is 0 Å². The normalized spacial score (nSPS) is 12.1. The van der Waals surface area contributed by atoms with Crippen molar-refractivity contribution in [1.29, 1.82) is 0 Å². The summed E-state index contributed by atoms with van der Waals surface area (Å²) in [7, 11) is 1.35. The lowest BCUT2D eigenvalue weighted by Gasteiger charge is -2.14. The van der Waals surface area contributed by atoms with Crippen molar-refractivity contribution in [3.8, 4) is 0 Å². The van der Waals surface area contributed by atoms with Crippen molar-refractivity contribution < 1.29 is 14.3 Å². The summed E-state index contributed by atoms with van der Waals surface area (Å²) in [6, 6.07) is 1.15. The van der Waals surface area contributed by atoms with Gasteiger partial charge in [0.25, 0.3) is 0 Å². The third kappa shape index (κ3) is 2.92. The number of esters is 1. The Kier molecular flexibility index (Phi) is 4.69. The largest absolute Gasteiger partial charge is 0.467 e. The molecule has 1 heterocycles. The van der Waals surface area contributed by atoms with Crippen LogP contribution >= 0.6 is 0 Å². The van der Waals surface area contributed by atoms with Gasteiger partial charge in [0.05, 0.1) is 7.11 Å². The Hall–Kier alpha value is -1.65. The first-order chi connectivity index (χ1) is 7.72. The van der Waals surface area contributed by atoms with Gasteiger partial charge < -0.3 is 4.74 Å². The van der Waals surface area contributed by atoms with Crippen LogP contribution in [0, 0.1) is 0 Å². The summed E-state index contributed by atoms with van der Waals surface area (Å²) < 4.78 is 6.21. The number of hydrogen-bond acceptors (Lipinski definition) is 4. The van der Waals surface area contributed by atoms with Gasteiger partial charge in [0.15, 0.2) is 6.29 Å². The highest BCUT2D eigenvalue weighted by atomic mass is 16.5. The van der Waals surface area contributed by atoms with Crippen LogP contribution in [0.25, 0.3) is 0 Å². The van der Waals surface area contributed by atoms with Gasteiger partial charge in [0, 0.05) is 6.20 Å². The molecular formula is C11H16N2O3. The Morgan fingerprint density at radius 2 is 2.44 bits per heavy atom. The van der Waals surface area contributed by atoms with Gasteiger partial charge >= 0.3 is 5.97 Å². The van der Waals surface area contributed by atoms with Crippen LogP contribution in [-0.4, -0.2) is 29.1 Å². The van der Waals surface area contributed by atoms with Gasteiger partial charge in [-0.3, -0.25) is 9.48 Å². The second kappa shape index (κ2) is 6.05. The smallest absolute Gasteiger partial charge is 0.330 e. The minimum absolute atomic E-state index is 0.324. The zero-order chi connectivity index (χ0) is 12.0. The van der Waals surface area contributed by atoms with Crippen LogP contribution in [0.1, 0.15) is 42.7 Å². The Labute approximate surface area is 94.4 Å². The summed E-state index contributed by atoms with van der Waals surface area (Å²) in [4.78, 5) is 22.0. The maximum absolute atomic E-state index is 11.5. The predicted molar refractivity (Wildman–Crippen MR) is 58.2 cm³/mol. The van der Waals surface area contributed by atoms with E-state index < -0.39 is 6.04 Å². The number of carbonyl (C=O) groups is 2. The van der Waals surface area contributed by atoms with Crippen LogP contribution in [0.2, 0.25) is 0 Å². The van der Waals surface area contributed by atoms with Crippen molar-refractivity contribution in [2.45, 2.75) is 32.2 Å². The molecule has 0 bridgehead atoms. The van der Waals surface area contributed by atoms with Crippen molar-refractivity contribution in [2.24, 2.45) is 0 Å². The van der Waals surface area contributed by atoms with Crippen LogP contribution in [0.5, 0.6) is 0 Å². The molecule has 0 saturated heterocycles. The third-order valence-corrected chi connectivity index (χ3v) is 2.37. The fourth-order valence-corrected chi connectivity index (χ4v) is 1.48. The number of nitrogens with zero attached hydrogens (tertiary/aromatic N) is 2. The van der Waals surface area contributed by atoms with Gasteiger partial charge in [-0.15, -0.1) is 0 Å². The van der Waals surface area contributed by atoms with Crippen molar-refractivity contribution in [1.82, 2.24) is 9.78 Å². The van der Waals surface area contributed by atoms with E-state index in [4.69, 9.17) is 4.74 Å². The van der Waals surface area contributed by atoms with Gasteiger partial charge in [0.2, 0.25) is 0 Å². The van der Waals surface area contributed by atoms with Crippen LogP contribution in [0.4, 0.5) is 0 Å². The third-order valence-electron chi connectivity index (χ3n) is 2.37. The summed E-state index contributed by atoms with van der Waals surface area (Å²) in [5.41, 5.74) is 0.324. The van der Waals surface area contributed by atoms with E-state index in [9.17, 15) is 9.59 Å². The zero-order valence-electron chi connectivity index (χ0n) is 9.55. The molecule has 0 aromatic carbocycles. The SMILES string of the molecule is CCCCC(C(=O)OC)n1ccc(C=O)n1. The van der Waals surface area contributed by atoms with E-state index in [2.05, 4.69) is 5.10 Å². The monoisotopic (exact) mass is 224 g/mol. The molecular weight excluding hydrogens is 208 g/mol. The van der Waals surface area contributed by atoms with E-state index in [1.54, 1.807) is 12.3 Å². The number of rotatable bonds is 6.